The van der Waals surface area contributed by atoms with Gasteiger partial charge < -0.3 is 10.6 Å². The van der Waals surface area contributed by atoms with Gasteiger partial charge in [0.05, 0.1) is 5.75 Å². The molecule has 7 heteroatoms. The van der Waals surface area contributed by atoms with Crippen molar-refractivity contribution in [2.75, 3.05) is 32.9 Å². The van der Waals surface area contributed by atoms with E-state index in [0.29, 0.717) is 11.7 Å². The number of nitrogens with zero attached hydrogens (tertiary/aromatic N) is 1. The van der Waals surface area contributed by atoms with Crippen LogP contribution in [0.5, 0.6) is 0 Å². The minimum Gasteiger partial charge on any atom is -0.363 e. The van der Waals surface area contributed by atoms with Crippen LogP contribution in [0.25, 0.3) is 0 Å². The molecule has 0 aromatic carbocycles. The quantitative estimate of drug-likeness (QED) is 0.508. The van der Waals surface area contributed by atoms with Crippen molar-refractivity contribution in [1.82, 2.24) is 14.9 Å². The monoisotopic (exact) mass is 267 g/mol. The van der Waals surface area contributed by atoms with Crippen LogP contribution in [0.1, 0.15) is 19.8 Å². The van der Waals surface area contributed by atoms with E-state index < -0.39 is 10.0 Å². The van der Waals surface area contributed by atoms with Gasteiger partial charge in [-0.1, -0.05) is 13.3 Å². The van der Waals surface area contributed by atoms with Crippen molar-refractivity contribution in [3.8, 4) is 0 Å². The molecule has 0 aromatic rings. The average Bonchev–Trinajstić information content (AvgIpc) is 2.17. The lowest BCUT2D eigenvalue weighted by Crippen LogP contribution is -2.39. The van der Waals surface area contributed by atoms with Crippen molar-refractivity contribution >= 4 is 27.4 Å². The van der Waals surface area contributed by atoms with Gasteiger partial charge in [0, 0.05) is 27.2 Å². The van der Waals surface area contributed by atoms with E-state index in [-0.39, 0.29) is 5.75 Å². The third-order valence-corrected chi connectivity index (χ3v) is 4.14. The van der Waals surface area contributed by atoms with Gasteiger partial charge in [0.15, 0.2) is 5.11 Å². The summed E-state index contributed by atoms with van der Waals surface area (Å²) >= 11 is 4.99. The van der Waals surface area contributed by atoms with Crippen LogP contribution in [0.3, 0.4) is 0 Å². The number of rotatable bonds is 7. The molecule has 0 radical (unpaired) electrons. The highest BCUT2D eigenvalue weighted by molar-refractivity contribution is 7.89. The molecule has 0 rings (SSSR count). The second-order valence-corrected chi connectivity index (χ2v) is 6.35. The number of hydrogen-bond donors (Lipinski definition) is 2. The van der Waals surface area contributed by atoms with Gasteiger partial charge in [-0.3, -0.25) is 0 Å². The maximum Gasteiger partial charge on any atom is 0.215 e. The predicted molar refractivity (Wildman–Crippen MR) is 71.0 cm³/mol. The lowest BCUT2D eigenvalue weighted by atomic mass is 10.3. The normalized spacial score (nSPS) is 11.5. The number of thiocarbonyl (C=S) groups is 1. The van der Waals surface area contributed by atoms with E-state index in [4.69, 9.17) is 12.2 Å². The second kappa shape index (κ2) is 7.81. The molecule has 0 saturated heterocycles. The van der Waals surface area contributed by atoms with Gasteiger partial charge in [-0.2, -0.15) is 0 Å². The molecule has 0 fully saturated rings. The molecule has 0 aromatic heterocycles. The predicted octanol–water partition coefficient (Wildman–Crippen LogP) is 0.142. The molecule has 0 heterocycles. The van der Waals surface area contributed by atoms with Crippen molar-refractivity contribution in [3.05, 3.63) is 0 Å². The molecule has 0 amide bonds. The zero-order valence-electron chi connectivity index (χ0n) is 10.1. The summed E-state index contributed by atoms with van der Waals surface area (Å²) in [5, 5.41) is 6.39. The third-order valence-electron chi connectivity index (χ3n) is 2.02. The van der Waals surface area contributed by atoms with Gasteiger partial charge >= 0.3 is 0 Å². The molecule has 0 aliphatic rings. The average molecular weight is 267 g/mol. The summed E-state index contributed by atoms with van der Waals surface area (Å²) in [6.45, 7) is 3.25. The summed E-state index contributed by atoms with van der Waals surface area (Å²) in [5.41, 5.74) is 0. The maximum absolute atomic E-state index is 11.4. The number of nitrogens with one attached hydrogen (secondary N) is 2. The van der Waals surface area contributed by atoms with Crippen LogP contribution in [0.2, 0.25) is 0 Å². The Morgan fingerprint density at radius 1 is 1.25 bits per heavy atom. The molecule has 0 aliphatic heterocycles. The Morgan fingerprint density at radius 2 is 1.81 bits per heavy atom. The first kappa shape index (κ1) is 15.6. The highest BCUT2D eigenvalue weighted by Crippen LogP contribution is 1.92. The molecule has 2 N–H and O–H groups in total. The summed E-state index contributed by atoms with van der Waals surface area (Å²) in [6.07, 6.45) is 2.16. The van der Waals surface area contributed by atoms with E-state index in [1.54, 1.807) is 0 Å². The summed E-state index contributed by atoms with van der Waals surface area (Å²) in [7, 11) is -0.0936. The Kier molecular flexibility index (Phi) is 7.61. The molecule has 96 valence electrons. The van der Waals surface area contributed by atoms with Crippen molar-refractivity contribution in [1.29, 1.82) is 0 Å². The molecular formula is C9H21N3O2S2. The first-order valence-electron chi connectivity index (χ1n) is 5.32. The fraction of sp³-hybridized carbons (Fsp3) is 0.889. The van der Waals surface area contributed by atoms with Gasteiger partial charge in [0.25, 0.3) is 0 Å². The van der Waals surface area contributed by atoms with Crippen molar-refractivity contribution in [2.24, 2.45) is 0 Å². The molecule has 0 atom stereocenters. The van der Waals surface area contributed by atoms with Crippen molar-refractivity contribution in [3.63, 3.8) is 0 Å². The van der Waals surface area contributed by atoms with Crippen LogP contribution in [-0.2, 0) is 10.0 Å². The number of hydrogen-bond acceptors (Lipinski definition) is 3. The van der Waals surface area contributed by atoms with Crippen LogP contribution < -0.4 is 10.6 Å². The van der Waals surface area contributed by atoms with E-state index in [9.17, 15) is 8.42 Å². The SMILES string of the molecule is CCCCNC(=S)NCCS(=O)(=O)N(C)C. The summed E-state index contributed by atoms with van der Waals surface area (Å²) in [5.74, 6) is 0.0512. The standard InChI is InChI=1S/C9H21N3O2S2/c1-4-5-6-10-9(15)11-7-8-16(13,14)12(2)3/h4-8H2,1-3H3,(H2,10,11,15). The van der Waals surface area contributed by atoms with Crippen LogP contribution in [0.4, 0.5) is 0 Å². The number of sulfonamides is 1. The fourth-order valence-electron chi connectivity index (χ4n) is 0.917. The minimum atomic E-state index is -3.14. The van der Waals surface area contributed by atoms with Gasteiger partial charge in [-0.05, 0) is 18.6 Å². The van der Waals surface area contributed by atoms with Crippen LogP contribution in [0.15, 0.2) is 0 Å². The van der Waals surface area contributed by atoms with Crippen LogP contribution >= 0.6 is 12.2 Å². The zero-order valence-corrected chi connectivity index (χ0v) is 11.7. The minimum absolute atomic E-state index is 0.0512. The molecule has 0 spiro atoms. The van der Waals surface area contributed by atoms with Crippen LogP contribution in [-0.4, -0.2) is 50.8 Å². The van der Waals surface area contributed by atoms with Crippen molar-refractivity contribution in [2.45, 2.75) is 19.8 Å². The smallest absolute Gasteiger partial charge is 0.215 e. The molecule has 0 aliphatic carbocycles. The Labute approximate surface area is 104 Å². The van der Waals surface area contributed by atoms with E-state index in [1.165, 1.54) is 18.4 Å². The Balaban J connectivity index is 3.70. The summed E-state index contributed by atoms with van der Waals surface area (Å²) in [6, 6.07) is 0. The Morgan fingerprint density at radius 3 is 2.31 bits per heavy atom. The molecule has 0 bridgehead atoms. The third kappa shape index (κ3) is 6.97. The summed E-state index contributed by atoms with van der Waals surface area (Å²) < 4.78 is 24.0. The first-order valence-corrected chi connectivity index (χ1v) is 7.33. The molecular weight excluding hydrogens is 246 g/mol. The topological polar surface area (TPSA) is 61.4 Å². The maximum atomic E-state index is 11.4. The summed E-state index contributed by atoms with van der Waals surface area (Å²) in [4.78, 5) is 0. The highest BCUT2D eigenvalue weighted by Gasteiger charge is 2.12. The Bertz CT molecular complexity index is 302. The van der Waals surface area contributed by atoms with Crippen molar-refractivity contribution < 1.29 is 8.42 Å². The fourth-order valence-corrected chi connectivity index (χ4v) is 1.85. The van der Waals surface area contributed by atoms with E-state index in [0.717, 1.165) is 19.4 Å². The lowest BCUT2D eigenvalue weighted by Gasteiger charge is -2.13. The molecule has 16 heavy (non-hydrogen) atoms. The lowest BCUT2D eigenvalue weighted by molar-refractivity contribution is 0.520. The van der Waals surface area contributed by atoms with Gasteiger partial charge in [-0.25, -0.2) is 12.7 Å². The number of unbranched alkanes of at least 4 members (excludes halogenated alkanes) is 1. The zero-order chi connectivity index (χ0) is 12.6. The van der Waals surface area contributed by atoms with Gasteiger partial charge in [0.1, 0.15) is 0 Å². The molecule has 0 unspecified atom stereocenters. The Hall–Kier alpha value is -0.400. The van der Waals surface area contributed by atoms with Gasteiger partial charge in [0.2, 0.25) is 10.0 Å². The molecule has 0 saturated carbocycles. The first-order chi connectivity index (χ1) is 7.40. The van der Waals surface area contributed by atoms with E-state index in [1.807, 2.05) is 0 Å². The second-order valence-electron chi connectivity index (χ2n) is 3.63. The molecule has 5 nitrogen and oxygen atoms in total. The van der Waals surface area contributed by atoms with Crippen LogP contribution in [0, 0.1) is 0 Å². The highest BCUT2D eigenvalue weighted by atomic mass is 32.2. The van der Waals surface area contributed by atoms with Gasteiger partial charge in [-0.15, -0.1) is 0 Å². The largest absolute Gasteiger partial charge is 0.363 e. The van der Waals surface area contributed by atoms with E-state index in [2.05, 4.69) is 17.6 Å². The van der Waals surface area contributed by atoms with E-state index >= 15 is 0 Å².